The van der Waals surface area contributed by atoms with Crippen molar-refractivity contribution < 1.29 is 49.3 Å². The lowest BCUT2D eigenvalue weighted by Gasteiger charge is -2.40. The van der Waals surface area contributed by atoms with Gasteiger partial charge >= 0.3 is 5.97 Å². The molecule has 1 amide bonds. The number of aliphatic hydroxyl groups excluding tert-OH is 5. The van der Waals surface area contributed by atoms with Crippen LogP contribution in [-0.2, 0) is 23.8 Å². The van der Waals surface area contributed by atoms with Crippen molar-refractivity contribution in [2.45, 2.75) is 480 Å². The van der Waals surface area contributed by atoms with Gasteiger partial charge in [0.2, 0.25) is 5.91 Å². The van der Waals surface area contributed by atoms with Gasteiger partial charge in [0.1, 0.15) is 24.4 Å². The van der Waals surface area contributed by atoms with E-state index in [2.05, 4.69) is 43.5 Å². The molecule has 1 aliphatic rings. The highest BCUT2D eigenvalue weighted by molar-refractivity contribution is 5.76. The number of nitrogens with one attached hydrogen (secondary N) is 1. The molecule has 0 aromatic rings. The lowest BCUT2D eigenvalue weighted by atomic mass is 9.99. The molecule has 0 aromatic carbocycles. The average molecular weight is 1370 g/mol. The second-order valence-corrected chi connectivity index (χ2v) is 29.9. The Morgan fingerprint density at radius 2 is 0.670 bits per heavy atom. The SMILES string of the molecule is CCCCCCCCCC/C=C/CC/C=C/C(O)C(COC1OC(CO)C(O)C(O)C1O)NC(=O)CCCCCCCCCCCCCCCCCCC/C=C\CCCCCCCCCCCCCCCCCCCCOC(=O)CCCCCCCCCCCCCCCCCC. The lowest BCUT2D eigenvalue weighted by Crippen LogP contribution is -2.60. The highest BCUT2D eigenvalue weighted by atomic mass is 16.7. The van der Waals surface area contributed by atoms with Crippen molar-refractivity contribution >= 4 is 11.9 Å². The number of esters is 1. The summed E-state index contributed by atoms with van der Waals surface area (Å²) < 4.78 is 16.8. The van der Waals surface area contributed by atoms with E-state index in [1.54, 1.807) is 6.08 Å². The molecule has 0 bridgehead atoms. The van der Waals surface area contributed by atoms with Gasteiger partial charge in [-0.05, 0) is 70.6 Å². The van der Waals surface area contributed by atoms with Gasteiger partial charge in [0, 0.05) is 12.8 Å². The molecular weight excluding hydrogens is 1210 g/mol. The number of carbonyl (C=O) groups excluding carboxylic acids is 2. The fourth-order valence-electron chi connectivity index (χ4n) is 13.8. The first kappa shape index (κ1) is 92.9. The molecule has 11 nitrogen and oxygen atoms in total. The van der Waals surface area contributed by atoms with Gasteiger partial charge in [-0.2, -0.15) is 0 Å². The molecule has 0 aromatic heterocycles. The molecular formula is C86H163NO10. The standard InChI is InChI=1S/C86H163NO10/c1-3-5-7-9-11-13-15-17-19-46-50-54-58-62-66-70-74-82(91)95-75-71-67-63-59-55-51-47-44-42-40-38-36-34-32-30-28-26-24-22-20-21-23-25-27-29-31-33-35-37-39-41-43-45-49-53-57-61-65-69-73-81(90)87-78(77-96-86-85(94)84(93)83(92)80(76-88)97-86)79(89)72-68-64-60-56-52-48-18-16-14-12-10-8-6-4-2/h20-21,52,56,68,72,78-80,83-86,88-89,92-94H,3-19,22-51,53-55,57-67,69-71,73-77H2,1-2H3,(H,87,90)/b21-20-,56-52+,72-68+. The number of hydrogen-bond acceptors (Lipinski definition) is 10. The molecule has 1 rings (SSSR count). The predicted molar refractivity (Wildman–Crippen MR) is 412 cm³/mol. The van der Waals surface area contributed by atoms with Gasteiger partial charge in [-0.15, -0.1) is 0 Å². The van der Waals surface area contributed by atoms with Gasteiger partial charge in [0.05, 0.1) is 32.0 Å². The Bertz CT molecular complexity index is 1710. The highest BCUT2D eigenvalue weighted by Crippen LogP contribution is 2.24. The monoisotopic (exact) mass is 1370 g/mol. The third-order valence-electron chi connectivity index (χ3n) is 20.5. The Hall–Kier alpha value is -2.12. The van der Waals surface area contributed by atoms with Crippen LogP contribution >= 0.6 is 0 Å². The summed E-state index contributed by atoms with van der Waals surface area (Å²) >= 11 is 0. The number of allylic oxidation sites excluding steroid dienone is 5. The fraction of sp³-hybridized carbons (Fsp3) is 0.907. The van der Waals surface area contributed by atoms with Crippen molar-refractivity contribution in [3.63, 3.8) is 0 Å². The molecule has 1 aliphatic heterocycles. The normalized spacial score (nSPS) is 17.4. The number of ether oxygens (including phenoxy) is 3. The van der Waals surface area contributed by atoms with E-state index >= 15 is 0 Å². The molecule has 0 radical (unpaired) electrons. The number of carbonyl (C=O) groups is 2. The maximum Gasteiger partial charge on any atom is 0.305 e. The third kappa shape index (κ3) is 63.3. The maximum atomic E-state index is 13.1. The summed E-state index contributed by atoms with van der Waals surface area (Å²) in [5, 5.41) is 54.6. The number of hydrogen-bond donors (Lipinski definition) is 6. The van der Waals surface area contributed by atoms with Crippen LogP contribution in [0.5, 0.6) is 0 Å². The second-order valence-electron chi connectivity index (χ2n) is 29.9. The summed E-state index contributed by atoms with van der Waals surface area (Å²) in [6.07, 6.45) is 89.2. The molecule has 6 N–H and O–H groups in total. The van der Waals surface area contributed by atoms with Crippen molar-refractivity contribution in [2.75, 3.05) is 19.8 Å². The summed E-state index contributed by atoms with van der Waals surface area (Å²) in [5.74, 6) is -0.164. The molecule has 0 spiro atoms. The Kier molecular flexibility index (Phi) is 71.9. The zero-order valence-corrected chi connectivity index (χ0v) is 64.1. The summed E-state index contributed by atoms with van der Waals surface area (Å²) in [7, 11) is 0. The van der Waals surface area contributed by atoms with E-state index in [-0.39, 0.29) is 18.5 Å². The lowest BCUT2D eigenvalue weighted by molar-refractivity contribution is -0.302. The van der Waals surface area contributed by atoms with Crippen molar-refractivity contribution in [1.82, 2.24) is 5.32 Å². The largest absolute Gasteiger partial charge is 0.466 e. The van der Waals surface area contributed by atoms with Gasteiger partial charge in [-0.25, -0.2) is 0 Å². The second kappa shape index (κ2) is 75.1. The molecule has 7 unspecified atom stereocenters. The van der Waals surface area contributed by atoms with E-state index in [0.29, 0.717) is 19.4 Å². The van der Waals surface area contributed by atoms with Crippen molar-refractivity contribution in [2.24, 2.45) is 0 Å². The zero-order chi connectivity index (χ0) is 70.1. The molecule has 572 valence electrons. The minimum absolute atomic E-state index is 0.0210. The van der Waals surface area contributed by atoms with Crippen molar-refractivity contribution in [1.29, 1.82) is 0 Å². The number of amides is 1. The van der Waals surface area contributed by atoms with Crippen molar-refractivity contribution in [3.05, 3.63) is 36.5 Å². The highest BCUT2D eigenvalue weighted by Gasteiger charge is 2.44. The van der Waals surface area contributed by atoms with E-state index in [0.717, 1.165) is 51.4 Å². The van der Waals surface area contributed by atoms with E-state index < -0.39 is 49.5 Å². The molecule has 11 heteroatoms. The Morgan fingerprint density at radius 1 is 0.371 bits per heavy atom. The van der Waals surface area contributed by atoms with Crippen LogP contribution in [0.15, 0.2) is 36.5 Å². The van der Waals surface area contributed by atoms with Gasteiger partial charge < -0.3 is 45.1 Å². The van der Waals surface area contributed by atoms with Crippen LogP contribution in [0.2, 0.25) is 0 Å². The topological polar surface area (TPSA) is 175 Å². The van der Waals surface area contributed by atoms with E-state index in [9.17, 15) is 35.1 Å². The van der Waals surface area contributed by atoms with Crippen LogP contribution in [0.25, 0.3) is 0 Å². The molecule has 7 atom stereocenters. The third-order valence-corrected chi connectivity index (χ3v) is 20.5. The minimum Gasteiger partial charge on any atom is -0.466 e. The quantitative estimate of drug-likeness (QED) is 0.0195. The summed E-state index contributed by atoms with van der Waals surface area (Å²) in [6, 6.07) is -0.825. The molecule has 1 heterocycles. The van der Waals surface area contributed by atoms with Gasteiger partial charge in [0.15, 0.2) is 6.29 Å². The fourth-order valence-corrected chi connectivity index (χ4v) is 13.8. The van der Waals surface area contributed by atoms with Gasteiger partial charge in [-0.3, -0.25) is 9.59 Å². The van der Waals surface area contributed by atoms with Crippen LogP contribution in [0.1, 0.15) is 438 Å². The maximum absolute atomic E-state index is 13.1. The smallest absolute Gasteiger partial charge is 0.305 e. The van der Waals surface area contributed by atoms with E-state index in [4.69, 9.17) is 14.2 Å². The first-order valence-electron chi connectivity index (χ1n) is 42.8. The molecule has 1 saturated heterocycles. The number of aliphatic hydroxyl groups is 5. The van der Waals surface area contributed by atoms with Crippen LogP contribution < -0.4 is 5.32 Å². The van der Waals surface area contributed by atoms with Crippen LogP contribution in [0.3, 0.4) is 0 Å². The first-order chi connectivity index (χ1) is 47.7. The van der Waals surface area contributed by atoms with Crippen molar-refractivity contribution in [3.8, 4) is 0 Å². The molecule has 97 heavy (non-hydrogen) atoms. The van der Waals surface area contributed by atoms with Crippen LogP contribution in [0.4, 0.5) is 0 Å². The summed E-state index contributed by atoms with van der Waals surface area (Å²) in [6.45, 7) is 4.39. The van der Waals surface area contributed by atoms with Gasteiger partial charge in [-0.1, -0.05) is 391 Å². The van der Waals surface area contributed by atoms with Gasteiger partial charge in [0.25, 0.3) is 0 Å². The van der Waals surface area contributed by atoms with Crippen LogP contribution in [0, 0.1) is 0 Å². The minimum atomic E-state index is -1.57. The predicted octanol–water partition coefficient (Wildman–Crippen LogP) is 23.6. The summed E-state index contributed by atoms with van der Waals surface area (Å²) in [5.41, 5.74) is 0. The number of unbranched alkanes of at least 4 members (excludes halogenated alkanes) is 59. The van der Waals surface area contributed by atoms with Crippen LogP contribution in [-0.4, -0.2) is 100 Å². The first-order valence-corrected chi connectivity index (χ1v) is 42.8. The van der Waals surface area contributed by atoms with E-state index in [1.807, 2.05) is 6.08 Å². The summed E-state index contributed by atoms with van der Waals surface area (Å²) in [4.78, 5) is 25.2. The average Bonchev–Trinajstić information content (AvgIpc) is 0.843. The van der Waals surface area contributed by atoms with E-state index in [1.165, 1.54) is 360 Å². The molecule has 0 aliphatic carbocycles. The Labute approximate surface area is 600 Å². The molecule has 0 saturated carbocycles. The Morgan fingerprint density at radius 3 is 1.02 bits per heavy atom. The zero-order valence-electron chi connectivity index (χ0n) is 64.1. The molecule has 1 fully saturated rings. The number of rotatable bonds is 77. The Balaban J connectivity index is 1.88.